The largest absolute Gasteiger partial charge is 0.507 e. The number of hydrogen-bond acceptors (Lipinski definition) is 3. The highest BCUT2D eigenvalue weighted by atomic mass is 16.5. The Morgan fingerprint density at radius 1 is 1.06 bits per heavy atom. The van der Waals surface area contributed by atoms with Gasteiger partial charge >= 0.3 is 6.09 Å². The molecule has 2 aromatic carbocycles. The lowest BCUT2D eigenvalue weighted by Gasteiger charge is -2.30. The molecule has 4 rings (SSSR count). The van der Waals surface area contributed by atoms with E-state index in [0.717, 1.165) is 36.2 Å². The second-order valence-electron chi connectivity index (χ2n) is 11.3. The van der Waals surface area contributed by atoms with E-state index >= 15 is 0 Å². The van der Waals surface area contributed by atoms with Gasteiger partial charge in [-0.1, -0.05) is 71.9 Å². The van der Waals surface area contributed by atoms with Crippen molar-refractivity contribution in [1.29, 1.82) is 0 Å². The Balaban J connectivity index is 0.000000795. The number of hydrogen-bond donors (Lipinski definition) is 1. The lowest BCUT2D eigenvalue weighted by atomic mass is 9.87. The van der Waals surface area contributed by atoms with Crippen molar-refractivity contribution in [3.63, 3.8) is 0 Å². The van der Waals surface area contributed by atoms with E-state index in [2.05, 4.69) is 82.6 Å². The number of carbonyl (C=O) groups is 1. The van der Waals surface area contributed by atoms with Gasteiger partial charge in [0.05, 0.1) is 12.6 Å². The third-order valence-corrected chi connectivity index (χ3v) is 6.45. The lowest BCUT2D eigenvalue weighted by molar-refractivity contribution is 0.112. The summed E-state index contributed by atoms with van der Waals surface area (Å²) in [5.74, 6) is 1.46. The number of rotatable bonds is 3. The number of ether oxygens (including phenoxy) is 1. The number of amides is 1. The molecule has 0 unspecified atom stereocenters. The predicted molar refractivity (Wildman–Crippen MR) is 144 cm³/mol. The number of fused-ring (bicyclic) bond motifs is 1. The molecule has 0 saturated carbocycles. The zero-order valence-corrected chi connectivity index (χ0v) is 22.5. The molecular weight excluding hydrogens is 436 g/mol. The molecule has 1 N–H and O–H groups in total. The average Bonchev–Trinajstić information content (AvgIpc) is 3.17. The van der Waals surface area contributed by atoms with Gasteiger partial charge in [-0.2, -0.15) is 0 Å². The SMILES string of the molecule is CC(C)C.COC(=O)N1CCC(c2cn(Cc3ccc(C(C)(C)C)cc3)c3cccc(O)c23)CC1. The molecule has 3 aromatic rings. The molecule has 0 spiro atoms. The first-order chi connectivity index (χ1) is 16.5. The number of benzene rings is 2. The van der Waals surface area contributed by atoms with E-state index in [9.17, 15) is 9.90 Å². The fraction of sp³-hybridized carbons (Fsp3) is 0.500. The Kier molecular flexibility index (Phi) is 8.52. The molecule has 190 valence electrons. The van der Waals surface area contributed by atoms with Gasteiger partial charge in [0, 0.05) is 31.2 Å². The van der Waals surface area contributed by atoms with Crippen LogP contribution in [-0.2, 0) is 16.7 Å². The molecule has 1 aromatic heterocycles. The van der Waals surface area contributed by atoms with Gasteiger partial charge in [-0.15, -0.1) is 0 Å². The average molecular weight is 479 g/mol. The second kappa shape index (κ2) is 11.2. The number of methoxy groups -OCH3 is 1. The Morgan fingerprint density at radius 3 is 2.20 bits per heavy atom. The highest BCUT2D eigenvalue weighted by Gasteiger charge is 2.27. The van der Waals surface area contributed by atoms with Crippen LogP contribution in [0.1, 0.15) is 77.0 Å². The molecule has 1 saturated heterocycles. The number of aromatic hydroxyl groups is 1. The topological polar surface area (TPSA) is 54.7 Å². The van der Waals surface area contributed by atoms with E-state index in [1.807, 2.05) is 6.07 Å². The van der Waals surface area contributed by atoms with Gasteiger partial charge in [0.1, 0.15) is 5.75 Å². The monoisotopic (exact) mass is 478 g/mol. The molecule has 2 heterocycles. The van der Waals surface area contributed by atoms with Crippen LogP contribution in [0.25, 0.3) is 10.9 Å². The van der Waals surface area contributed by atoms with Gasteiger partial charge in [0.2, 0.25) is 0 Å². The minimum atomic E-state index is -0.262. The predicted octanol–water partition coefficient (Wildman–Crippen LogP) is 7.30. The van der Waals surface area contributed by atoms with E-state index < -0.39 is 0 Å². The van der Waals surface area contributed by atoms with Crippen LogP contribution in [-0.4, -0.2) is 40.9 Å². The number of nitrogens with zero attached hydrogens (tertiary/aromatic N) is 2. The van der Waals surface area contributed by atoms with Crippen molar-refractivity contribution in [1.82, 2.24) is 9.47 Å². The summed E-state index contributed by atoms with van der Waals surface area (Å²) in [6, 6.07) is 14.6. The maximum absolute atomic E-state index is 11.8. The Morgan fingerprint density at radius 2 is 1.66 bits per heavy atom. The normalized spacial score (nSPS) is 14.7. The van der Waals surface area contributed by atoms with Gasteiger partial charge < -0.3 is 19.3 Å². The maximum Gasteiger partial charge on any atom is 0.409 e. The summed E-state index contributed by atoms with van der Waals surface area (Å²) in [7, 11) is 1.42. The van der Waals surface area contributed by atoms with Gasteiger partial charge in [0.15, 0.2) is 0 Å². The lowest BCUT2D eigenvalue weighted by Crippen LogP contribution is -2.37. The Bertz CT molecular complexity index is 1110. The number of aromatic nitrogens is 1. The number of piperidine rings is 1. The van der Waals surface area contributed by atoms with Crippen molar-refractivity contribution in [3.8, 4) is 5.75 Å². The van der Waals surface area contributed by atoms with E-state index in [1.54, 1.807) is 11.0 Å². The Labute approximate surface area is 210 Å². The van der Waals surface area contributed by atoms with Crippen molar-refractivity contribution >= 4 is 17.0 Å². The molecule has 5 nitrogen and oxygen atoms in total. The van der Waals surface area contributed by atoms with Crippen LogP contribution in [0.2, 0.25) is 0 Å². The van der Waals surface area contributed by atoms with E-state index in [1.165, 1.54) is 23.8 Å². The first kappa shape index (κ1) is 26.7. The number of likely N-dealkylation sites (tertiary alicyclic amines) is 1. The van der Waals surface area contributed by atoms with Gasteiger partial charge in [0.25, 0.3) is 0 Å². The number of phenolic OH excluding ortho intramolecular Hbond substituents is 1. The fourth-order valence-electron chi connectivity index (χ4n) is 4.61. The summed E-state index contributed by atoms with van der Waals surface area (Å²) in [5.41, 5.74) is 4.91. The molecule has 5 heteroatoms. The summed E-state index contributed by atoms with van der Waals surface area (Å²) in [4.78, 5) is 13.6. The highest BCUT2D eigenvalue weighted by Crippen LogP contribution is 2.39. The summed E-state index contributed by atoms with van der Waals surface area (Å²) in [5, 5.41) is 11.6. The van der Waals surface area contributed by atoms with Crippen LogP contribution >= 0.6 is 0 Å². The minimum Gasteiger partial charge on any atom is -0.507 e. The molecule has 0 aliphatic carbocycles. The molecule has 0 radical (unpaired) electrons. The molecule has 1 amide bonds. The third kappa shape index (κ3) is 6.59. The second-order valence-corrected chi connectivity index (χ2v) is 11.3. The van der Waals surface area contributed by atoms with Crippen LogP contribution < -0.4 is 0 Å². The van der Waals surface area contributed by atoms with Crippen LogP contribution in [0.4, 0.5) is 4.79 Å². The fourth-order valence-corrected chi connectivity index (χ4v) is 4.61. The van der Waals surface area contributed by atoms with Crippen molar-refractivity contribution in [3.05, 3.63) is 65.4 Å². The van der Waals surface area contributed by atoms with Gasteiger partial charge in [-0.3, -0.25) is 0 Å². The van der Waals surface area contributed by atoms with Crippen LogP contribution in [0.3, 0.4) is 0 Å². The van der Waals surface area contributed by atoms with Crippen LogP contribution in [0.5, 0.6) is 5.75 Å². The molecular formula is C30H42N2O3. The van der Waals surface area contributed by atoms with Crippen molar-refractivity contribution in [2.45, 2.75) is 72.3 Å². The summed E-state index contributed by atoms with van der Waals surface area (Å²) in [6.07, 6.45) is 3.66. The Hall–Kier alpha value is -2.95. The van der Waals surface area contributed by atoms with Gasteiger partial charge in [-0.25, -0.2) is 4.79 Å². The minimum absolute atomic E-state index is 0.136. The first-order valence-electron chi connectivity index (χ1n) is 12.7. The van der Waals surface area contributed by atoms with Crippen molar-refractivity contribution in [2.75, 3.05) is 20.2 Å². The maximum atomic E-state index is 11.8. The molecule has 1 fully saturated rings. The number of phenols is 1. The van der Waals surface area contributed by atoms with E-state index in [-0.39, 0.29) is 11.5 Å². The van der Waals surface area contributed by atoms with Crippen LogP contribution in [0, 0.1) is 5.92 Å². The van der Waals surface area contributed by atoms with Gasteiger partial charge in [-0.05, 0) is 58.9 Å². The van der Waals surface area contributed by atoms with Crippen molar-refractivity contribution < 1.29 is 14.6 Å². The zero-order valence-electron chi connectivity index (χ0n) is 22.5. The molecule has 1 aliphatic rings. The summed E-state index contributed by atoms with van der Waals surface area (Å²) >= 11 is 0. The standard InChI is InChI=1S/C26H32N2O3.C4H10/c1-26(2,3)20-10-8-18(9-11-20)16-28-17-21(24-22(28)6-5-7-23(24)29)19-12-14-27(15-13-19)25(30)31-4;1-4(2)3/h5-11,17,19,29H,12-16H2,1-4H3;4H,1-3H3. The highest BCUT2D eigenvalue weighted by molar-refractivity contribution is 5.90. The number of carbonyl (C=O) groups excluding carboxylic acids is 1. The van der Waals surface area contributed by atoms with E-state index in [4.69, 9.17) is 4.74 Å². The molecule has 0 atom stereocenters. The quantitative estimate of drug-likeness (QED) is 0.430. The van der Waals surface area contributed by atoms with Crippen molar-refractivity contribution in [2.24, 2.45) is 5.92 Å². The smallest absolute Gasteiger partial charge is 0.409 e. The molecule has 0 bridgehead atoms. The third-order valence-electron chi connectivity index (χ3n) is 6.45. The summed E-state index contributed by atoms with van der Waals surface area (Å²) < 4.78 is 7.10. The summed E-state index contributed by atoms with van der Waals surface area (Å²) in [6.45, 7) is 15.3. The van der Waals surface area contributed by atoms with Crippen LogP contribution in [0.15, 0.2) is 48.7 Å². The van der Waals surface area contributed by atoms with E-state index in [0.29, 0.717) is 24.8 Å². The molecule has 35 heavy (non-hydrogen) atoms. The molecule has 1 aliphatic heterocycles. The first-order valence-corrected chi connectivity index (χ1v) is 12.7. The zero-order chi connectivity index (χ0) is 25.8.